The number of ether oxygens (including phenoxy) is 2. The van der Waals surface area contributed by atoms with Crippen LogP contribution in [0.25, 0.3) is 0 Å². The quantitative estimate of drug-likeness (QED) is 0.725. The lowest BCUT2D eigenvalue weighted by Crippen LogP contribution is -2.15. The van der Waals surface area contributed by atoms with Crippen molar-refractivity contribution in [1.29, 1.82) is 0 Å². The van der Waals surface area contributed by atoms with Gasteiger partial charge in [0.05, 0.1) is 19.4 Å². The third-order valence-electron chi connectivity index (χ3n) is 2.87. The standard InChI is InChI=1S/C12H13NO3/c1-14-9-4-2-3-8(5-9)10-6-11(16-13-10)12-7-15-12/h2-5,11-12H,6-7H2,1H3/t11-,12-/m0/s1. The first-order valence-corrected chi connectivity index (χ1v) is 5.35. The van der Waals surface area contributed by atoms with Gasteiger partial charge in [-0.1, -0.05) is 17.3 Å². The zero-order chi connectivity index (χ0) is 11.0. The molecular formula is C12H13NO3. The van der Waals surface area contributed by atoms with Gasteiger partial charge in [-0.25, -0.2) is 0 Å². The summed E-state index contributed by atoms with van der Waals surface area (Å²) >= 11 is 0. The lowest BCUT2D eigenvalue weighted by atomic mass is 10.0. The van der Waals surface area contributed by atoms with Crippen molar-refractivity contribution in [3.8, 4) is 5.75 Å². The van der Waals surface area contributed by atoms with Gasteiger partial charge in [-0.05, 0) is 12.1 Å². The average Bonchev–Trinajstić information content (AvgIpc) is 3.07. The van der Waals surface area contributed by atoms with E-state index in [0.717, 1.165) is 30.1 Å². The summed E-state index contributed by atoms with van der Waals surface area (Å²) < 4.78 is 10.4. The van der Waals surface area contributed by atoms with Crippen LogP contribution in [0.3, 0.4) is 0 Å². The SMILES string of the molecule is COc1cccc(C2=NO[C@H]([C@@H]3CO3)C2)c1. The Labute approximate surface area is 93.8 Å². The van der Waals surface area contributed by atoms with Crippen molar-refractivity contribution in [2.45, 2.75) is 18.6 Å². The van der Waals surface area contributed by atoms with Gasteiger partial charge in [0.1, 0.15) is 11.9 Å². The summed E-state index contributed by atoms with van der Waals surface area (Å²) in [5, 5.41) is 4.11. The molecule has 0 aliphatic carbocycles. The van der Waals surface area contributed by atoms with Crippen LogP contribution in [0, 0.1) is 0 Å². The minimum absolute atomic E-state index is 0.0983. The lowest BCUT2D eigenvalue weighted by molar-refractivity contribution is 0.0627. The molecule has 0 saturated carbocycles. The van der Waals surface area contributed by atoms with Gasteiger partial charge < -0.3 is 14.3 Å². The van der Waals surface area contributed by atoms with E-state index in [4.69, 9.17) is 14.3 Å². The third-order valence-corrected chi connectivity index (χ3v) is 2.87. The average molecular weight is 219 g/mol. The Hall–Kier alpha value is -1.55. The van der Waals surface area contributed by atoms with Crippen molar-refractivity contribution in [2.24, 2.45) is 5.16 Å². The molecule has 1 aromatic carbocycles. The fourth-order valence-corrected chi connectivity index (χ4v) is 1.84. The fraction of sp³-hybridized carbons (Fsp3) is 0.417. The summed E-state index contributed by atoms with van der Waals surface area (Å²) in [5.41, 5.74) is 2.03. The highest BCUT2D eigenvalue weighted by Gasteiger charge is 2.38. The number of hydrogen-bond acceptors (Lipinski definition) is 4. The van der Waals surface area contributed by atoms with Gasteiger partial charge in [0.25, 0.3) is 0 Å². The summed E-state index contributed by atoms with van der Waals surface area (Å²) in [7, 11) is 1.66. The van der Waals surface area contributed by atoms with Crippen molar-refractivity contribution in [1.82, 2.24) is 0 Å². The molecule has 0 radical (unpaired) electrons. The molecule has 0 aromatic heterocycles. The first kappa shape index (κ1) is 9.66. The summed E-state index contributed by atoms with van der Waals surface area (Å²) in [5.74, 6) is 0.839. The Morgan fingerprint density at radius 1 is 1.38 bits per heavy atom. The Morgan fingerprint density at radius 2 is 2.25 bits per heavy atom. The van der Waals surface area contributed by atoms with Gasteiger partial charge in [0, 0.05) is 12.0 Å². The largest absolute Gasteiger partial charge is 0.497 e. The molecule has 4 nitrogen and oxygen atoms in total. The molecule has 1 aromatic rings. The number of epoxide rings is 1. The summed E-state index contributed by atoms with van der Waals surface area (Å²) in [6.07, 6.45) is 1.16. The second-order valence-electron chi connectivity index (χ2n) is 3.99. The van der Waals surface area contributed by atoms with E-state index in [1.807, 2.05) is 24.3 Å². The van der Waals surface area contributed by atoms with Crippen molar-refractivity contribution < 1.29 is 14.3 Å². The third kappa shape index (κ3) is 1.76. The maximum Gasteiger partial charge on any atom is 0.161 e. The van der Waals surface area contributed by atoms with E-state index in [0.29, 0.717) is 0 Å². The summed E-state index contributed by atoms with van der Waals surface area (Å²) in [6, 6.07) is 7.86. The van der Waals surface area contributed by atoms with Crippen molar-refractivity contribution in [3.63, 3.8) is 0 Å². The number of oxime groups is 1. The monoisotopic (exact) mass is 219 g/mol. The molecule has 2 aliphatic heterocycles. The molecule has 0 N–H and O–H groups in total. The van der Waals surface area contributed by atoms with Gasteiger partial charge in [0.2, 0.25) is 0 Å². The van der Waals surface area contributed by atoms with Crippen LogP contribution in [-0.2, 0) is 9.57 Å². The zero-order valence-corrected chi connectivity index (χ0v) is 9.05. The predicted octanol–water partition coefficient (Wildman–Crippen LogP) is 1.59. The maximum absolute atomic E-state index is 5.34. The molecular weight excluding hydrogens is 206 g/mol. The smallest absolute Gasteiger partial charge is 0.161 e. The first-order valence-electron chi connectivity index (χ1n) is 5.35. The molecule has 2 aliphatic rings. The van der Waals surface area contributed by atoms with E-state index in [9.17, 15) is 0 Å². The van der Waals surface area contributed by atoms with Crippen LogP contribution in [0.4, 0.5) is 0 Å². The van der Waals surface area contributed by atoms with E-state index in [1.165, 1.54) is 0 Å². The normalized spacial score (nSPS) is 27.2. The fourth-order valence-electron chi connectivity index (χ4n) is 1.84. The zero-order valence-electron chi connectivity index (χ0n) is 9.05. The second kappa shape index (κ2) is 3.79. The van der Waals surface area contributed by atoms with E-state index in [2.05, 4.69) is 5.16 Å². The topological polar surface area (TPSA) is 43.4 Å². The molecule has 2 heterocycles. The molecule has 0 unspecified atom stereocenters. The van der Waals surface area contributed by atoms with Gasteiger partial charge in [-0.15, -0.1) is 0 Å². The molecule has 0 amide bonds. The minimum atomic E-state index is 0.0983. The molecule has 1 saturated heterocycles. The lowest BCUT2D eigenvalue weighted by Gasteiger charge is -2.03. The van der Waals surface area contributed by atoms with Crippen LogP contribution < -0.4 is 4.74 Å². The maximum atomic E-state index is 5.34. The van der Waals surface area contributed by atoms with Crippen molar-refractivity contribution >= 4 is 5.71 Å². The Kier molecular flexibility index (Phi) is 2.29. The Morgan fingerprint density at radius 3 is 3.00 bits per heavy atom. The molecule has 3 rings (SSSR count). The van der Waals surface area contributed by atoms with Gasteiger partial charge in [-0.2, -0.15) is 0 Å². The minimum Gasteiger partial charge on any atom is -0.497 e. The van der Waals surface area contributed by atoms with Crippen LogP contribution in [0.1, 0.15) is 12.0 Å². The highest BCUT2D eigenvalue weighted by Crippen LogP contribution is 2.27. The number of nitrogens with zero attached hydrogens (tertiary/aromatic N) is 1. The van der Waals surface area contributed by atoms with Gasteiger partial charge in [-0.3, -0.25) is 0 Å². The van der Waals surface area contributed by atoms with Crippen LogP contribution in [0.2, 0.25) is 0 Å². The molecule has 1 fully saturated rings. The summed E-state index contributed by atoms with van der Waals surface area (Å²) in [4.78, 5) is 5.34. The van der Waals surface area contributed by atoms with Crippen LogP contribution >= 0.6 is 0 Å². The number of hydrogen-bond donors (Lipinski definition) is 0. The number of rotatable bonds is 3. The van der Waals surface area contributed by atoms with Gasteiger partial charge in [0.15, 0.2) is 6.10 Å². The van der Waals surface area contributed by atoms with E-state index >= 15 is 0 Å². The van der Waals surface area contributed by atoms with Gasteiger partial charge >= 0.3 is 0 Å². The van der Waals surface area contributed by atoms with Crippen molar-refractivity contribution in [3.05, 3.63) is 29.8 Å². The molecule has 84 valence electrons. The van der Waals surface area contributed by atoms with E-state index in [-0.39, 0.29) is 12.2 Å². The highest BCUT2D eigenvalue weighted by molar-refractivity contribution is 6.01. The van der Waals surface area contributed by atoms with Crippen LogP contribution in [-0.4, -0.2) is 31.6 Å². The van der Waals surface area contributed by atoms with E-state index in [1.54, 1.807) is 7.11 Å². The highest BCUT2D eigenvalue weighted by atomic mass is 16.7. The predicted molar refractivity (Wildman–Crippen MR) is 58.8 cm³/mol. The van der Waals surface area contributed by atoms with Crippen LogP contribution in [0.5, 0.6) is 5.75 Å². The Balaban J connectivity index is 1.76. The molecule has 0 spiro atoms. The summed E-state index contributed by atoms with van der Waals surface area (Å²) in [6.45, 7) is 0.797. The number of benzene rings is 1. The van der Waals surface area contributed by atoms with Crippen LogP contribution in [0.15, 0.2) is 29.4 Å². The Bertz CT molecular complexity index is 426. The molecule has 4 heteroatoms. The first-order chi connectivity index (χ1) is 7.86. The van der Waals surface area contributed by atoms with Crippen molar-refractivity contribution in [2.75, 3.05) is 13.7 Å². The number of methoxy groups -OCH3 is 1. The molecule has 0 bridgehead atoms. The van der Waals surface area contributed by atoms with E-state index < -0.39 is 0 Å². The molecule has 16 heavy (non-hydrogen) atoms. The second-order valence-corrected chi connectivity index (χ2v) is 3.99. The molecule has 2 atom stereocenters.